The number of hydrogen-bond donors (Lipinski definition) is 2. The van der Waals surface area contributed by atoms with Gasteiger partial charge in [0.05, 0.1) is 5.41 Å². The van der Waals surface area contributed by atoms with Crippen molar-refractivity contribution in [2.75, 3.05) is 19.6 Å². The minimum Gasteiger partial charge on any atom is -0.480 e. The SMILES string of the molecule is CCCC1(C(=O)N(CC(=O)O)C2CC2)CCCNC1. The molecule has 0 aromatic rings. The Morgan fingerprint density at radius 1 is 1.42 bits per heavy atom. The molecule has 1 saturated carbocycles. The topological polar surface area (TPSA) is 69.6 Å². The zero-order valence-electron chi connectivity index (χ0n) is 11.7. The lowest BCUT2D eigenvalue weighted by Crippen LogP contribution is -2.53. The Kier molecular flexibility index (Phi) is 4.45. The molecule has 1 unspecified atom stereocenters. The Hall–Kier alpha value is -1.10. The molecule has 2 aliphatic rings. The molecule has 1 heterocycles. The average molecular weight is 268 g/mol. The molecule has 2 rings (SSSR count). The number of amides is 1. The average Bonchev–Trinajstić information content (AvgIpc) is 3.20. The summed E-state index contributed by atoms with van der Waals surface area (Å²) in [5.74, 6) is -0.845. The second-order valence-corrected chi connectivity index (χ2v) is 5.87. The number of nitrogens with zero attached hydrogens (tertiary/aromatic N) is 1. The van der Waals surface area contributed by atoms with Gasteiger partial charge in [0.25, 0.3) is 0 Å². The molecule has 1 aliphatic carbocycles. The van der Waals surface area contributed by atoms with Gasteiger partial charge in [0.1, 0.15) is 6.54 Å². The molecule has 2 N–H and O–H groups in total. The van der Waals surface area contributed by atoms with Crippen LogP contribution < -0.4 is 5.32 Å². The van der Waals surface area contributed by atoms with Crippen molar-refractivity contribution >= 4 is 11.9 Å². The van der Waals surface area contributed by atoms with E-state index in [0.717, 1.165) is 45.1 Å². The maximum Gasteiger partial charge on any atom is 0.323 e. The van der Waals surface area contributed by atoms with E-state index in [4.69, 9.17) is 5.11 Å². The molecule has 0 aromatic carbocycles. The molecule has 0 radical (unpaired) electrons. The van der Waals surface area contributed by atoms with E-state index < -0.39 is 5.97 Å². The number of carbonyl (C=O) groups is 2. The van der Waals surface area contributed by atoms with Crippen molar-refractivity contribution in [3.05, 3.63) is 0 Å². The number of aliphatic carboxylic acids is 1. The summed E-state index contributed by atoms with van der Waals surface area (Å²) in [4.78, 5) is 25.4. The minimum atomic E-state index is -0.907. The third kappa shape index (κ3) is 3.26. The van der Waals surface area contributed by atoms with Crippen LogP contribution >= 0.6 is 0 Å². The molecule has 0 bridgehead atoms. The summed E-state index contributed by atoms with van der Waals surface area (Å²) in [5, 5.41) is 12.3. The molecular weight excluding hydrogens is 244 g/mol. The first-order valence-corrected chi connectivity index (χ1v) is 7.32. The summed E-state index contributed by atoms with van der Waals surface area (Å²) in [6.07, 6.45) is 5.59. The Balaban J connectivity index is 2.13. The van der Waals surface area contributed by atoms with Crippen molar-refractivity contribution in [1.82, 2.24) is 10.2 Å². The zero-order chi connectivity index (χ0) is 13.9. The van der Waals surface area contributed by atoms with Crippen molar-refractivity contribution in [3.63, 3.8) is 0 Å². The number of hydrogen-bond acceptors (Lipinski definition) is 3. The number of carboxylic acids is 1. The highest BCUT2D eigenvalue weighted by Gasteiger charge is 2.45. The summed E-state index contributed by atoms with van der Waals surface area (Å²) in [7, 11) is 0. The van der Waals surface area contributed by atoms with Gasteiger partial charge < -0.3 is 15.3 Å². The number of carboxylic acid groups (broad SMARTS) is 1. The van der Waals surface area contributed by atoms with Crippen molar-refractivity contribution in [1.29, 1.82) is 0 Å². The monoisotopic (exact) mass is 268 g/mol. The van der Waals surface area contributed by atoms with Gasteiger partial charge in [-0.05, 0) is 38.6 Å². The molecule has 1 saturated heterocycles. The fourth-order valence-electron chi connectivity index (χ4n) is 3.15. The molecule has 2 fully saturated rings. The van der Waals surface area contributed by atoms with E-state index in [1.165, 1.54) is 0 Å². The van der Waals surface area contributed by atoms with Gasteiger partial charge in [0.15, 0.2) is 0 Å². The van der Waals surface area contributed by atoms with Crippen LogP contribution in [0.5, 0.6) is 0 Å². The Morgan fingerprint density at radius 2 is 2.16 bits per heavy atom. The summed E-state index contributed by atoms with van der Waals surface area (Å²) in [6.45, 7) is 3.60. The van der Waals surface area contributed by atoms with E-state index in [9.17, 15) is 9.59 Å². The van der Waals surface area contributed by atoms with Crippen LogP contribution in [0.1, 0.15) is 45.4 Å². The van der Waals surface area contributed by atoms with Crippen molar-refractivity contribution in [3.8, 4) is 0 Å². The first-order chi connectivity index (χ1) is 9.09. The van der Waals surface area contributed by atoms with Crippen LogP contribution in [0.15, 0.2) is 0 Å². The number of carbonyl (C=O) groups excluding carboxylic acids is 1. The van der Waals surface area contributed by atoms with Crippen LogP contribution in [0.3, 0.4) is 0 Å². The van der Waals surface area contributed by atoms with Crippen LogP contribution in [0.2, 0.25) is 0 Å². The van der Waals surface area contributed by atoms with Crippen LogP contribution in [0, 0.1) is 5.41 Å². The Morgan fingerprint density at radius 3 is 2.63 bits per heavy atom. The fraction of sp³-hybridized carbons (Fsp3) is 0.857. The predicted molar refractivity (Wildman–Crippen MR) is 71.8 cm³/mol. The van der Waals surface area contributed by atoms with E-state index in [-0.39, 0.29) is 23.9 Å². The summed E-state index contributed by atoms with van der Waals surface area (Å²) in [5.41, 5.74) is -0.370. The lowest BCUT2D eigenvalue weighted by atomic mass is 9.75. The standard InChI is InChI=1S/C14H24N2O3/c1-2-6-14(7-3-8-15-10-14)13(19)16(9-12(17)18)11-4-5-11/h11,15H,2-10H2,1H3,(H,17,18). The van der Waals surface area contributed by atoms with Crippen molar-refractivity contribution in [2.45, 2.75) is 51.5 Å². The van der Waals surface area contributed by atoms with Gasteiger partial charge in [0, 0.05) is 12.6 Å². The third-order valence-corrected chi connectivity index (χ3v) is 4.21. The maximum absolute atomic E-state index is 12.8. The molecule has 1 atom stereocenters. The molecule has 5 nitrogen and oxygen atoms in total. The second kappa shape index (κ2) is 5.90. The minimum absolute atomic E-state index is 0.0615. The normalized spacial score (nSPS) is 27.0. The van der Waals surface area contributed by atoms with E-state index in [1.54, 1.807) is 4.90 Å². The largest absolute Gasteiger partial charge is 0.480 e. The zero-order valence-corrected chi connectivity index (χ0v) is 11.7. The molecule has 0 aromatic heterocycles. The van der Waals surface area contributed by atoms with E-state index in [1.807, 2.05) is 0 Å². The lowest BCUT2D eigenvalue weighted by molar-refractivity contribution is -0.151. The van der Waals surface area contributed by atoms with Gasteiger partial charge in [-0.3, -0.25) is 9.59 Å². The highest BCUT2D eigenvalue weighted by atomic mass is 16.4. The number of piperidine rings is 1. The molecule has 1 amide bonds. The summed E-state index contributed by atoms with van der Waals surface area (Å²) in [6, 6.07) is 0.166. The van der Waals surface area contributed by atoms with Crippen LogP contribution in [-0.2, 0) is 9.59 Å². The molecule has 5 heteroatoms. The Bertz CT molecular complexity index is 341. The fourth-order valence-corrected chi connectivity index (χ4v) is 3.15. The molecule has 19 heavy (non-hydrogen) atoms. The van der Waals surface area contributed by atoms with Crippen LogP contribution in [0.4, 0.5) is 0 Å². The third-order valence-electron chi connectivity index (χ3n) is 4.21. The van der Waals surface area contributed by atoms with Gasteiger partial charge in [-0.2, -0.15) is 0 Å². The highest BCUT2D eigenvalue weighted by molar-refractivity contribution is 5.87. The molecule has 108 valence electrons. The summed E-state index contributed by atoms with van der Waals surface area (Å²) >= 11 is 0. The first kappa shape index (κ1) is 14.3. The quantitative estimate of drug-likeness (QED) is 0.760. The first-order valence-electron chi connectivity index (χ1n) is 7.32. The van der Waals surface area contributed by atoms with Gasteiger partial charge in [0.2, 0.25) is 5.91 Å². The van der Waals surface area contributed by atoms with Crippen molar-refractivity contribution < 1.29 is 14.7 Å². The summed E-state index contributed by atoms with van der Waals surface area (Å²) < 4.78 is 0. The number of nitrogens with one attached hydrogen (secondary N) is 1. The van der Waals surface area contributed by atoms with Gasteiger partial charge >= 0.3 is 5.97 Å². The van der Waals surface area contributed by atoms with Crippen molar-refractivity contribution in [2.24, 2.45) is 5.41 Å². The number of rotatable bonds is 6. The van der Waals surface area contributed by atoms with E-state index in [0.29, 0.717) is 6.54 Å². The highest BCUT2D eigenvalue weighted by Crippen LogP contribution is 2.37. The van der Waals surface area contributed by atoms with Gasteiger partial charge in [-0.1, -0.05) is 13.3 Å². The molecular formula is C14H24N2O3. The molecule has 0 spiro atoms. The second-order valence-electron chi connectivity index (χ2n) is 5.87. The maximum atomic E-state index is 12.8. The van der Waals surface area contributed by atoms with Gasteiger partial charge in [-0.15, -0.1) is 0 Å². The van der Waals surface area contributed by atoms with Gasteiger partial charge in [-0.25, -0.2) is 0 Å². The van der Waals surface area contributed by atoms with E-state index in [2.05, 4.69) is 12.2 Å². The Labute approximate surface area is 114 Å². The van der Waals surface area contributed by atoms with E-state index >= 15 is 0 Å². The van der Waals surface area contributed by atoms with Crippen LogP contribution in [0.25, 0.3) is 0 Å². The predicted octanol–water partition coefficient (Wildman–Crippen LogP) is 1.23. The molecule has 1 aliphatic heterocycles. The lowest BCUT2D eigenvalue weighted by Gasteiger charge is -2.40. The van der Waals surface area contributed by atoms with Crippen LogP contribution in [-0.4, -0.2) is 47.6 Å². The smallest absolute Gasteiger partial charge is 0.323 e.